The summed E-state index contributed by atoms with van der Waals surface area (Å²) in [5.41, 5.74) is 4.24. The second-order valence-electron chi connectivity index (χ2n) is 8.47. The highest BCUT2D eigenvalue weighted by atomic mass is 35.5. The number of aryl methyl sites for hydroxylation is 1. The van der Waals surface area contributed by atoms with Gasteiger partial charge in [-0.15, -0.1) is 0 Å². The Bertz CT molecular complexity index is 1050. The minimum absolute atomic E-state index is 0.175. The lowest BCUT2D eigenvalue weighted by molar-refractivity contribution is -0.126. The standard InChI is InChI=1S/C25H29ClN4O2/c1-18-14-20(19(2)30(18)17-22-6-5-13-32-22)15-21(16-27)25(31)29-11-9-28(10-12-29)24-8-4-3-7-23(24)26/h3-4,7-8,14-15,22H,5-6,9-13,17H2,1-2H3/b21-15+. The summed E-state index contributed by atoms with van der Waals surface area (Å²) in [6.07, 6.45) is 4.15. The summed E-state index contributed by atoms with van der Waals surface area (Å²) in [6, 6.07) is 11.9. The fourth-order valence-electron chi connectivity index (χ4n) is 4.57. The summed E-state index contributed by atoms with van der Waals surface area (Å²) in [7, 11) is 0. The molecule has 168 valence electrons. The highest BCUT2D eigenvalue weighted by molar-refractivity contribution is 6.33. The molecule has 6 nitrogen and oxygen atoms in total. The number of hydrogen-bond donors (Lipinski definition) is 0. The zero-order valence-electron chi connectivity index (χ0n) is 18.7. The van der Waals surface area contributed by atoms with Crippen LogP contribution in [0.25, 0.3) is 6.08 Å². The number of para-hydroxylation sites is 1. The molecule has 32 heavy (non-hydrogen) atoms. The Kier molecular flexibility index (Phi) is 6.88. The molecule has 1 unspecified atom stereocenters. The molecule has 4 rings (SSSR count). The first kappa shape index (κ1) is 22.4. The molecule has 3 heterocycles. The molecule has 0 saturated carbocycles. The Labute approximate surface area is 194 Å². The van der Waals surface area contributed by atoms with Gasteiger partial charge in [0.2, 0.25) is 0 Å². The van der Waals surface area contributed by atoms with Gasteiger partial charge in [0.25, 0.3) is 5.91 Å². The summed E-state index contributed by atoms with van der Waals surface area (Å²) < 4.78 is 8.01. The number of piperazine rings is 1. The van der Waals surface area contributed by atoms with E-state index >= 15 is 0 Å². The fraction of sp³-hybridized carbons (Fsp3) is 0.440. The SMILES string of the molecule is Cc1cc(/C=C(\C#N)C(=O)N2CCN(c3ccccc3Cl)CC2)c(C)n1CC1CCCO1. The topological polar surface area (TPSA) is 61.5 Å². The number of nitrogens with zero attached hydrogens (tertiary/aromatic N) is 4. The summed E-state index contributed by atoms with van der Waals surface area (Å²) in [4.78, 5) is 17.0. The van der Waals surface area contributed by atoms with Gasteiger partial charge in [0.15, 0.2) is 0 Å². The number of carbonyl (C=O) groups excluding carboxylic acids is 1. The van der Waals surface area contributed by atoms with Crippen LogP contribution < -0.4 is 4.90 Å². The van der Waals surface area contributed by atoms with E-state index in [0.29, 0.717) is 31.2 Å². The average Bonchev–Trinajstić information content (AvgIpc) is 3.41. The predicted molar refractivity (Wildman–Crippen MR) is 127 cm³/mol. The molecule has 0 radical (unpaired) electrons. The maximum Gasteiger partial charge on any atom is 0.264 e. The summed E-state index contributed by atoms with van der Waals surface area (Å²) in [5.74, 6) is -0.213. The average molecular weight is 453 g/mol. The number of hydrogen-bond acceptors (Lipinski definition) is 4. The van der Waals surface area contributed by atoms with Crippen LogP contribution in [-0.2, 0) is 16.1 Å². The second-order valence-corrected chi connectivity index (χ2v) is 8.88. The first-order chi connectivity index (χ1) is 15.5. The molecule has 2 aliphatic heterocycles. The van der Waals surface area contributed by atoms with Crippen molar-refractivity contribution in [1.29, 1.82) is 5.26 Å². The first-order valence-corrected chi connectivity index (χ1v) is 11.5. The van der Waals surface area contributed by atoms with E-state index in [2.05, 4.69) is 22.5 Å². The van der Waals surface area contributed by atoms with E-state index in [-0.39, 0.29) is 17.6 Å². The van der Waals surface area contributed by atoms with E-state index in [1.807, 2.05) is 37.3 Å². The van der Waals surface area contributed by atoms with Crippen molar-refractivity contribution in [3.63, 3.8) is 0 Å². The Balaban J connectivity index is 1.45. The molecule has 2 aliphatic rings. The van der Waals surface area contributed by atoms with Gasteiger partial charge in [-0.05, 0) is 56.5 Å². The van der Waals surface area contributed by atoms with Crippen molar-refractivity contribution < 1.29 is 9.53 Å². The third-order valence-electron chi connectivity index (χ3n) is 6.43. The monoisotopic (exact) mass is 452 g/mol. The number of amides is 1. The molecule has 0 N–H and O–H groups in total. The number of ether oxygens (including phenoxy) is 1. The molecule has 0 aliphatic carbocycles. The van der Waals surface area contributed by atoms with Gasteiger partial charge in [0.05, 0.1) is 16.8 Å². The lowest BCUT2D eigenvalue weighted by atomic mass is 10.1. The zero-order valence-corrected chi connectivity index (χ0v) is 19.4. The Hall–Kier alpha value is -2.75. The third-order valence-corrected chi connectivity index (χ3v) is 6.75. The van der Waals surface area contributed by atoms with E-state index in [1.165, 1.54) is 0 Å². The highest BCUT2D eigenvalue weighted by Crippen LogP contribution is 2.27. The van der Waals surface area contributed by atoms with Crippen molar-refractivity contribution in [2.75, 3.05) is 37.7 Å². The lowest BCUT2D eigenvalue weighted by Gasteiger charge is -2.36. The van der Waals surface area contributed by atoms with Crippen LogP contribution >= 0.6 is 11.6 Å². The lowest BCUT2D eigenvalue weighted by Crippen LogP contribution is -2.49. The summed E-state index contributed by atoms with van der Waals surface area (Å²) >= 11 is 6.32. The van der Waals surface area contributed by atoms with Gasteiger partial charge in [-0.2, -0.15) is 5.26 Å². The van der Waals surface area contributed by atoms with E-state index in [9.17, 15) is 10.1 Å². The van der Waals surface area contributed by atoms with E-state index in [4.69, 9.17) is 16.3 Å². The number of anilines is 1. The van der Waals surface area contributed by atoms with E-state index in [0.717, 1.165) is 48.6 Å². The van der Waals surface area contributed by atoms with Gasteiger partial charge < -0.3 is 19.1 Å². The fourth-order valence-corrected chi connectivity index (χ4v) is 4.83. The van der Waals surface area contributed by atoms with Gasteiger partial charge in [-0.1, -0.05) is 23.7 Å². The number of benzene rings is 1. The quantitative estimate of drug-likeness (QED) is 0.504. The Morgan fingerprint density at radius 3 is 2.66 bits per heavy atom. The van der Waals surface area contributed by atoms with Crippen LogP contribution in [0.1, 0.15) is 29.8 Å². The molecule has 0 spiro atoms. The van der Waals surface area contributed by atoms with Crippen LogP contribution in [0.15, 0.2) is 35.9 Å². The van der Waals surface area contributed by atoms with Crippen molar-refractivity contribution in [1.82, 2.24) is 9.47 Å². The smallest absolute Gasteiger partial charge is 0.264 e. The van der Waals surface area contributed by atoms with E-state index in [1.54, 1.807) is 11.0 Å². The van der Waals surface area contributed by atoms with Crippen molar-refractivity contribution in [3.05, 3.63) is 57.9 Å². The normalized spacial score (nSPS) is 19.3. The molecular weight excluding hydrogens is 424 g/mol. The Morgan fingerprint density at radius 1 is 1.25 bits per heavy atom. The summed E-state index contributed by atoms with van der Waals surface area (Å²) in [5, 5.41) is 10.4. The van der Waals surface area contributed by atoms with Crippen LogP contribution in [0.3, 0.4) is 0 Å². The predicted octanol–water partition coefficient (Wildman–Crippen LogP) is 4.19. The van der Waals surface area contributed by atoms with Crippen LogP contribution in [0.2, 0.25) is 5.02 Å². The van der Waals surface area contributed by atoms with Gasteiger partial charge in [0, 0.05) is 50.7 Å². The molecule has 0 bridgehead atoms. The maximum absolute atomic E-state index is 13.1. The number of aromatic nitrogens is 1. The molecule has 1 aromatic heterocycles. The van der Waals surface area contributed by atoms with Gasteiger partial charge in [-0.3, -0.25) is 4.79 Å². The largest absolute Gasteiger partial charge is 0.376 e. The summed E-state index contributed by atoms with van der Waals surface area (Å²) in [6.45, 7) is 8.21. The van der Waals surface area contributed by atoms with Crippen LogP contribution in [0.5, 0.6) is 0 Å². The zero-order chi connectivity index (χ0) is 22.7. The van der Waals surface area contributed by atoms with Crippen LogP contribution in [-0.4, -0.2) is 54.3 Å². The first-order valence-electron chi connectivity index (χ1n) is 11.2. The minimum Gasteiger partial charge on any atom is -0.376 e. The van der Waals surface area contributed by atoms with Crippen molar-refractivity contribution in [2.45, 2.75) is 39.3 Å². The molecule has 7 heteroatoms. The number of carbonyl (C=O) groups is 1. The Morgan fingerprint density at radius 2 is 2.00 bits per heavy atom. The molecule has 2 aromatic rings. The van der Waals surface area contributed by atoms with Gasteiger partial charge in [0.1, 0.15) is 11.6 Å². The minimum atomic E-state index is -0.213. The highest BCUT2D eigenvalue weighted by Gasteiger charge is 2.25. The molecular formula is C25H29ClN4O2. The van der Waals surface area contributed by atoms with E-state index < -0.39 is 0 Å². The molecule has 2 fully saturated rings. The van der Waals surface area contributed by atoms with Crippen molar-refractivity contribution >= 4 is 29.3 Å². The van der Waals surface area contributed by atoms with Gasteiger partial charge in [-0.25, -0.2) is 0 Å². The van der Waals surface area contributed by atoms with Crippen molar-refractivity contribution in [3.8, 4) is 6.07 Å². The third kappa shape index (κ3) is 4.69. The molecule has 2 saturated heterocycles. The second kappa shape index (κ2) is 9.81. The van der Waals surface area contributed by atoms with Crippen LogP contribution in [0.4, 0.5) is 5.69 Å². The van der Waals surface area contributed by atoms with Gasteiger partial charge >= 0.3 is 0 Å². The van der Waals surface area contributed by atoms with Crippen LogP contribution in [0, 0.1) is 25.2 Å². The molecule has 1 atom stereocenters. The maximum atomic E-state index is 13.1. The number of rotatable bonds is 5. The van der Waals surface area contributed by atoms with Crippen molar-refractivity contribution in [2.24, 2.45) is 0 Å². The molecule has 1 aromatic carbocycles. The number of nitriles is 1. The molecule has 1 amide bonds. The number of halogens is 1.